The largest absolute Gasteiger partial charge is 0.349 e. The van der Waals surface area contributed by atoms with Gasteiger partial charge >= 0.3 is 0 Å². The topological polar surface area (TPSA) is 54.3 Å². The predicted octanol–water partition coefficient (Wildman–Crippen LogP) is 3.25. The van der Waals surface area contributed by atoms with Crippen LogP contribution >= 0.6 is 0 Å². The van der Waals surface area contributed by atoms with E-state index in [0.29, 0.717) is 12.1 Å². The lowest BCUT2D eigenvalue weighted by Crippen LogP contribution is -2.34. The summed E-state index contributed by atoms with van der Waals surface area (Å²) in [5.74, 6) is -0.982. The van der Waals surface area contributed by atoms with Gasteiger partial charge in [0.05, 0.1) is 5.56 Å². The van der Waals surface area contributed by atoms with E-state index >= 15 is 0 Å². The number of rotatable bonds is 9. The smallest absolute Gasteiger partial charge is 0.292 e. The molecule has 2 rings (SSSR count). The molecule has 0 atom stereocenters. The van der Waals surface area contributed by atoms with E-state index in [9.17, 15) is 9.59 Å². The first kappa shape index (κ1) is 19.2. The average molecular weight is 343 g/mol. The van der Waals surface area contributed by atoms with Crippen LogP contribution in [0.5, 0.6) is 0 Å². The Labute approximate surface area is 150 Å². The molecule has 0 bridgehead atoms. The van der Waals surface area contributed by atoms with Gasteiger partial charge in [0, 0.05) is 29.7 Å². The number of benzene rings is 1. The van der Waals surface area contributed by atoms with E-state index in [-0.39, 0.29) is 6.04 Å². The molecule has 0 fully saturated rings. The molecule has 1 aromatic carbocycles. The second-order valence-corrected chi connectivity index (χ2v) is 6.53. The van der Waals surface area contributed by atoms with Crippen LogP contribution in [-0.4, -0.2) is 47.3 Å². The van der Waals surface area contributed by atoms with E-state index in [1.54, 1.807) is 6.20 Å². The minimum Gasteiger partial charge on any atom is -0.349 e. The van der Waals surface area contributed by atoms with Crippen LogP contribution in [0.3, 0.4) is 0 Å². The molecule has 0 saturated heterocycles. The van der Waals surface area contributed by atoms with Gasteiger partial charge in [-0.3, -0.25) is 9.59 Å². The summed E-state index contributed by atoms with van der Waals surface area (Å²) >= 11 is 0. The fourth-order valence-electron chi connectivity index (χ4n) is 3.06. The molecule has 0 aliphatic heterocycles. The summed E-state index contributed by atoms with van der Waals surface area (Å²) in [6.07, 6.45) is 2.64. The van der Waals surface area contributed by atoms with E-state index < -0.39 is 11.7 Å². The number of hydrogen-bond donors (Lipinski definition) is 1. The fraction of sp³-hybridized carbons (Fsp3) is 0.500. The molecule has 136 valence electrons. The summed E-state index contributed by atoms with van der Waals surface area (Å²) in [6, 6.07) is 7.95. The van der Waals surface area contributed by atoms with Gasteiger partial charge in [-0.1, -0.05) is 32.0 Å². The summed E-state index contributed by atoms with van der Waals surface area (Å²) in [6.45, 7) is 11.8. The number of para-hydroxylation sites is 1. The molecule has 5 heteroatoms. The maximum atomic E-state index is 12.6. The summed E-state index contributed by atoms with van der Waals surface area (Å²) in [4.78, 5) is 27.2. The molecule has 1 N–H and O–H groups in total. The third-order valence-electron chi connectivity index (χ3n) is 4.58. The number of fused-ring (bicyclic) bond motifs is 1. The number of aromatic nitrogens is 1. The number of hydrogen-bond acceptors (Lipinski definition) is 3. The Kier molecular flexibility index (Phi) is 6.76. The van der Waals surface area contributed by atoms with Crippen LogP contribution in [0.15, 0.2) is 30.5 Å². The molecule has 0 aliphatic carbocycles. The van der Waals surface area contributed by atoms with Crippen molar-refractivity contribution in [1.82, 2.24) is 14.8 Å². The van der Waals surface area contributed by atoms with Gasteiger partial charge < -0.3 is 14.8 Å². The molecule has 1 aromatic heterocycles. The van der Waals surface area contributed by atoms with Crippen LogP contribution in [0.1, 0.15) is 50.5 Å². The molecule has 2 aromatic rings. The third kappa shape index (κ3) is 4.48. The van der Waals surface area contributed by atoms with Crippen molar-refractivity contribution in [3.05, 3.63) is 36.0 Å². The second-order valence-electron chi connectivity index (χ2n) is 6.53. The van der Waals surface area contributed by atoms with E-state index in [4.69, 9.17) is 0 Å². The van der Waals surface area contributed by atoms with E-state index in [1.807, 2.05) is 28.8 Å². The van der Waals surface area contributed by atoms with Crippen LogP contribution in [0.25, 0.3) is 10.9 Å². The SMILES string of the molecule is CCN(CC)CCCNC(=O)C(=O)c1cn(C(C)C)c2ccccc12. The highest BCUT2D eigenvalue weighted by Crippen LogP contribution is 2.24. The fourth-order valence-corrected chi connectivity index (χ4v) is 3.06. The Morgan fingerprint density at radius 1 is 1.16 bits per heavy atom. The zero-order chi connectivity index (χ0) is 18.4. The number of nitrogens with zero attached hydrogens (tertiary/aromatic N) is 2. The molecular formula is C20H29N3O2. The average Bonchev–Trinajstić information content (AvgIpc) is 3.01. The van der Waals surface area contributed by atoms with Crippen molar-refractivity contribution in [2.24, 2.45) is 0 Å². The predicted molar refractivity (Wildman–Crippen MR) is 102 cm³/mol. The van der Waals surface area contributed by atoms with Gasteiger partial charge in [-0.2, -0.15) is 0 Å². The zero-order valence-corrected chi connectivity index (χ0v) is 15.7. The van der Waals surface area contributed by atoms with Crippen LogP contribution < -0.4 is 5.32 Å². The van der Waals surface area contributed by atoms with Crippen LogP contribution in [0, 0.1) is 0 Å². The summed E-state index contributed by atoms with van der Waals surface area (Å²) in [5.41, 5.74) is 1.46. The Bertz CT molecular complexity index is 730. The van der Waals surface area contributed by atoms with Gasteiger partial charge in [-0.15, -0.1) is 0 Å². The number of ketones is 1. The Balaban J connectivity index is 2.05. The van der Waals surface area contributed by atoms with Crippen molar-refractivity contribution in [3.8, 4) is 0 Å². The maximum absolute atomic E-state index is 12.6. The van der Waals surface area contributed by atoms with Crippen molar-refractivity contribution in [2.45, 2.75) is 40.2 Å². The molecule has 0 saturated carbocycles. The number of carbonyl (C=O) groups is 2. The zero-order valence-electron chi connectivity index (χ0n) is 15.7. The van der Waals surface area contributed by atoms with Crippen molar-refractivity contribution in [2.75, 3.05) is 26.2 Å². The highest BCUT2D eigenvalue weighted by atomic mass is 16.2. The van der Waals surface area contributed by atoms with Gasteiger partial charge in [0.15, 0.2) is 0 Å². The maximum Gasteiger partial charge on any atom is 0.292 e. The Hall–Kier alpha value is -2.14. The normalized spacial score (nSPS) is 11.4. The molecule has 1 heterocycles. The minimum absolute atomic E-state index is 0.226. The molecule has 0 aliphatic rings. The Morgan fingerprint density at radius 2 is 1.84 bits per heavy atom. The highest BCUT2D eigenvalue weighted by Gasteiger charge is 2.21. The lowest BCUT2D eigenvalue weighted by Gasteiger charge is -2.17. The van der Waals surface area contributed by atoms with Crippen molar-refractivity contribution < 1.29 is 9.59 Å². The van der Waals surface area contributed by atoms with Crippen molar-refractivity contribution in [3.63, 3.8) is 0 Å². The number of carbonyl (C=O) groups excluding carboxylic acids is 2. The number of Topliss-reactive ketones (excluding diaryl/α,β-unsaturated/α-hetero) is 1. The second kappa shape index (κ2) is 8.81. The van der Waals surface area contributed by atoms with Gasteiger partial charge in [-0.05, 0) is 46.0 Å². The summed E-state index contributed by atoms with van der Waals surface area (Å²) < 4.78 is 2.04. The highest BCUT2D eigenvalue weighted by molar-refractivity contribution is 6.45. The first-order valence-corrected chi connectivity index (χ1v) is 9.14. The lowest BCUT2D eigenvalue weighted by atomic mass is 10.1. The Morgan fingerprint density at radius 3 is 2.48 bits per heavy atom. The van der Waals surface area contributed by atoms with Gasteiger partial charge in [0.2, 0.25) is 0 Å². The molecule has 0 spiro atoms. The molecule has 25 heavy (non-hydrogen) atoms. The standard InChI is InChI=1S/C20H29N3O2/c1-5-22(6-2)13-9-12-21-20(25)19(24)17-14-23(15(3)4)18-11-8-7-10-16(17)18/h7-8,10-11,14-15H,5-6,9,12-13H2,1-4H3,(H,21,25). The lowest BCUT2D eigenvalue weighted by molar-refractivity contribution is -0.117. The molecule has 0 unspecified atom stereocenters. The van der Waals surface area contributed by atoms with Crippen LogP contribution in [0.4, 0.5) is 0 Å². The van der Waals surface area contributed by atoms with Crippen LogP contribution in [0.2, 0.25) is 0 Å². The first-order chi connectivity index (χ1) is 12.0. The van der Waals surface area contributed by atoms with E-state index in [2.05, 4.69) is 37.9 Å². The van der Waals surface area contributed by atoms with Crippen LogP contribution in [-0.2, 0) is 4.79 Å². The molecule has 0 radical (unpaired) electrons. The van der Waals surface area contributed by atoms with Crippen molar-refractivity contribution >= 4 is 22.6 Å². The van der Waals surface area contributed by atoms with E-state index in [1.165, 1.54) is 0 Å². The monoisotopic (exact) mass is 343 g/mol. The molecule has 1 amide bonds. The summed E-state index contributed by atoms with van der Waals surface area (Å²) in [5, 5.41) is 3.60. The van der Waals surface area contributed by atoms with E-state index in [0.717, 1.165) is 37.0 Å². The number of nitrogens with one attached hydrogen (secondary N) is 1. The number of amides is 1. The van der Waals surface area contributed by atoms with Gasteiger partial charge in [0.1, 0.15) is 0 Å². The van der Waals surface area contributed by atoms with Gasteiger partial charge in [-0.25, -0.2) is 0 Å². The molecule has 5 nitrogen and oxygen atoms in total. The summed E-state index contributed by atoms with van der Waals surface area (Å²) in [7, 11) is 0. The third-order valence-corrected chi connectivity index (χ3v) is 4.58. The van der Waals surface area contributed by atoms with Crippen molar-refractivity contribution in [1.29, 1.82) is 0 Å². The first-order valence-electron chi connectivity index (χ1n) is 9.14. The minimum atomic E-state index is -0.522. The van der Waals surface area contributed by atoms with Gasteiger partial charge in [0.25, 0.3) is 11.7 Å². The quantitative estimate of drug-likeness (QED) is 0.432. The molecular weight excluding hydrogens is 314 g/mol.